The van der Waals surface area contributed by atoms with E-state index < -0.39 is 17.9 Å². The third kappa shape index (κ3) is 5.10. The Hall–Kier alpha value is -2.36. The maximum Gasteiger partial charge on any atom is 0.332 e. The molecular formula is C16H18O4. The van der Waals surface area contributed by atoms with Gasteiger partial charge in [-0.25, -0.2) is 9.59 Å². The van der Waals surface area contributed by atoms with Crippen molar-refractivity contribution in [1.82, 2.24) is 0 Å². The van der Waals surface area contributed by atoms with Gasteiger partial charge in [-0.1, -0.05) is 35.9 Å². The van der Waals surface area contributed by atoms with Gasteiger partial charge in [0.2, 0.25) is 0 Å². The average molecular weight is 274 g/mol. The predicted molar refractivity (Wildman–Crippen MR) is 76.4 cm³/mol. The third-order valence-corrected chi connectivity index (χ3v) is 2.89. The Balaban J connectivity index is 3.06. The summed E-state index contributed by atoms with van der Waals surface area (Å²) in [4.78, 5) is 22.1. The van der Waals surface area contributed by atoms with E-state index in [1.807, 2.05) is 30.3 Å². The highest BCUT2D eigenvalue weighted by Crippen LogP contribution is 2.24. The molecule has 0 bridgehead atoms. The van der Waals surface area contributed by atoms with Crippen LogP contribution in [0, 0.1) is 5.92 Å². The van der Waals surface area contributed by atoms with Gasteiger partial charge in [-0.05, 0) is 31.2 Å². The van der Waals surface area contributed by atoms with Crippen molar-refractivity contribution in [3.8, 4) is 0 Å². The second kappa shape index (κ2) is 7.28. The lowest BCUT2D eigenvalue weighted by Crippen LogP contribution is -2.17. The van der Waals surface area contributed by atoms with Gasteiger partial charge in [-0.15, -0.1) is 6.58 Å². The summed E-state index contributed by atoms with van der Waals surface area (Å²) in [6.07, 6.45) is 1.69. The number of aliphatic carboxylic acids is 2. The first-order chi connectivity index (χ1) is 9.40. The van der Waals surface area contributed by atoms with Gasteiger partial charge in [-0.2, -0.15) is 0 Å². The van der Waals surface area contributed by atoms with Crippen LogP contribution < -0.4 is 0 Å². The number of carbonyl (C=O) groups is 2. The van der Waals surface area contributed by atoms with Crippen LogP contribution in [-0.2, 0) is 16.0 Å². The molecular weight excluding hydrogens is 256 g/mol. The number of allylic oxidation sites excluding steroid dienone is 1. The van der Waals surface area contributed by atoms with E-state index in [1.165, 1.54) is 0 Å². The molecule has 1 aromatic rings. The van der Waals surface area contributed by atoms with Crippen molar-refractivity contribution in [2.24, 2.45) is 5.92 Å². The van der Waals surface area contributed by atoms with Crippen LogP contribution in [0.1, 0.15) is 18.9 Å². The van der Waals surface area contributed by atoms with E-state index in [0.717, 1.165) is 17.2 Å². The fraction of sp³-hybridized carbons (Fsp3) is 0.250. The Labute approximate surface area is 118 Å². The molecule has 1 aromatic carbocycles. The topological polar surface area (TPSA) is 74.6 Å². The SMILES string of the molecule is C=C(C)CC(Cc1ccccc1)C(=CC(=O)O)C(=O)O. The number of carboxylic acid groups (broad SMARTS) is 2. The molecule has 1 atom stereocenters. The summed E-state index contributed by atoms with van der Waals surface area (Å²) in [6.45, 7) is 5.59. The van der Waals surface area contributed by atoms with Gasteiger partial charge in [0.25, 0.3) is 0 Å². The molecule has 0 amide bonds. The van der Waals surface area contributed by atoms with E-state index in [1.54, 1.807) is 6.92 Å². The molecule has 1 unspecified atom stereocenters. The molecule has 0 fully saturated rings. The molecule has 4 nitrogen and oxygen atoms in total. The van der Waals surface area contributed by atoms with Crippen molar-refractivity contribution in [3.63, 3.8) is 0 Å². The second-order valence-electron chi connectivity index (χ2n) is 4.79. The number of benzene rings is 1. The number of rotatable bonds is 7. The van der Waals surface area contributed by atoms with Crippen molar-refractivity contribution in [1.29, 1.82) is 0 Å². The quantitative estimate of drug-likeness (QED) is 0.592. The third-order valence-electron chi connectivity index (χ3n) is 2.89. The Morgan fingerprint density at radius 1 is 1.25 bits per heavy atom. The van der Waals surface area contributed by atoms with Gasteiger partial charge in [0.1, 0.15) is 0 Å². The van der Waals surface area contributed by atoms with Crippen molar-refractivity contribution < 1.29 is 19.8 Å². The molecule has 4 heteroatoms. The van der Waals surface area contributed by atoms with E-state index >= 15 is 0 Å². The maximum atomic E-state index is 11.3. The summed E-state index contributed by atoms with van der Waals surface area (Å²) >= 11 is 0. The number of hydrogen-bond acceptors (Lipinski definition) is 2. The van der Waals surface area contributed by atoms with Gasteiger partial charge in [0, 0.05) is 11.6 Å². The maximum absolute atomic E-state index is 11.3. The van der Waals surface area contributed by atoms with E-state index in [2.05, 4.69) is 6.58 Å². The average Bonchev–Trinajstić information content (AvgIpc) is 2.35. The largest absolute Gasteiger partial charge is 0.478 e. The van der Waals surface area contributed by atoms with Crippen molar-refractivity contribution in [2.45, 2.75) is 19.8 Å². The minimum absolute atomic E-state index is 0.0932. The molecule has 0 aliphatic carbocycles. The van der Waals surface area contributed by atoms with E-state index in [0.29, 0.717) is 12.8 Å². The molecule has 106 valence electrons. The molecule has 20 heavy (non-hydrogen) atoms. The number of hydrogen-bond donors (Lipinski definition) is 2. The molecule has 0 heterocycles. The van der Waals surface area contributed by atoms with Crippen molar-refractivity contribution in [3.05, 3.63) is 59.7 Å². The Morgan fingerprint density at radius 2 is 1.85 bits per heavy atom. The summed E-state index contributed by atoms with van der Waals surface area (Å²) in [5, 5.41) is 18.0. The van der Waals surface area contributed by atoms with Crippen LogP contribution in [0.5, 0.6) is 0 Å². The molecule has 0 saturated carbocycles. The van der Waals surface area contributed by atoms with Gasteiger partial charge < -0.3 is 10.2 Å². The first kappa shape index (κ1) is 15.7. The molecule has 0 radical (unpaired) electrons. The molecule has 0 saturated heterocycles. The molecule has 0 spiro atoms. The van der Waals surface area contributed by atoms with E-state index in [-0.39, 0.29) is 5.57 Å². The van der Waals surface area contributed by atoms with Crippen LogP contribution in [0.15, 0.2) is 54.1 Å². The number of carboxylic acids is 2. The fourth-order valence-corrected chi connectivity index (χ4v) is 2.10. The van der Waals surface area contributed by atoms with Crippen molar-refractivity contribution in [2.75, 3.05) is 0 Å². The van der Waals surface area contributed by atoms with Crippen LogP contribution in [0.4, 0.5) is 0 Å². The fourth-order valence-electron chi connectivity index (χ4n) is 2.10. The van der Waals surface area contributed by atoms with E-state index in [9.17, 15) is 14.7 Å². The zero-order valence-corrected chi connectivity index (χ0v) is 11.4. The van der Waals surface area contributed by atoms with Crippen LogP contribution in [0.3, 0.4) is 0 Å². The summed E-state index contributed by atoms with van der Waals surface area (Å²) in [5.74, 6) is -2.85. The summed E-state index contributed by atoms with van der Waals surface area (Å²) in [5.41, 5.74) is 1.70. The van der Waals surface area contributed by atoms with Gasteiger partial charge in [-0.3, -0.25) is 0 Å². The molecule has 0 aliphatic rings. The lowest BCUT2D eigenvalue weighted by molar-refractivity contribution is -0.135. The smallest absolute Gasteiger partial charge is 0.332 e. The van der Waals surface area contributed by atoms with Crippen LogP contribution in [-0.4, -0.2) is 22.2 Å². The normalized spacial score (nSPS) is 12.8. The first-order valence-corrected chi connectivity index (χ1v) is 6.26. The monoisotopic (exact) mass is 274 g/mol. The van der Waals surface area contributed by atoms with Gasteiger partial charge in [0.05, 0.1) is 0 Å². The highest BCUT2D eigenvalue weighted by atomic mass is 16.4. The Bertz CT molecular complexity index is 529. The van der Waals surface area contributed by atoms with Gasteiger partial charge in [0.15, 0.2) is 0 Å². The zero-order chi connectivity index (χ0) is 15.1. The van der Waals surface area contributed by atoms with Crippen LogP contribution in [0.2, 0.25) is 0 Å². The minimum Gasteiger partial charge on any atom is -0.478 e. The highest BCUT2D eigenvalue weighted by molar-refractivity contribution is 5.95. The first-order valence-electron chi connectivity index (χ1n) is 6.26. The van der Waals surface area contributed by atoms with Gasteiger partial charge >= 0.3 is 11.9 Å². The molecule has 2 N–H and O–H groups in total. The molecule has 0 aromatic heterocycles. The van der Waals surface area contributed by atoms with Crippen LogP contribution >= 0.6 is 0 Å². The van der Waals surface area contributed by atoms with E-state index in [4.69, 9.17) is 5.11 Å². The lowest BCUT2D eigenvalue weighted by atomic mass is 9.86. The predicted octanol–water partition coefficient (Wildman–Crippen LogP) is 2.91. The summed E-state index contributed by atoms with van der Waals surface area (Å²) < 4.78 is 0. The lowest BCUT2D eigenvalue weighted by Gasteiger charge is -2.17. The Kier molecular flexibility index (Phi) is 5.72. The molecule has 1 rings (SSSR count). The van der Waals surface area contributed by atoms with Crippen molar-refractivity contribution >= 4 is 11.9 Å². The second-order valence-corrected chi connectivity index (χ2v) is 4.79. The standard InChI is InChI=1S/C16H18O4/c1-11(2)8-13(9-12-6-4-3-5-7-12)14(16(19)20)10-15(17)18/h3-7,10,13H,1,8-9H2,2H3,(H,17,18)(H,19,20). The summed E-state index contributed by atoms with van der Waals surface area (Å²) in [6, 6.07) is 9.41. The Morgan fingerprint density at radius 3 is 2.30 bits per heavy atom. The minimum atomic E-state index is -1.25. The highest BCUT2D eigenvalue weighted by Gasteiger charge is 2.22. The zero-order valence-electron chi connectivity index (χ0n) is 11.4. The summed E-state index contributed by atoms with van der Waals surface area (Å²) in [7, 11) is 0. The van der Waals surface area contributed by atoms with Crippen LogP contribution in [0.25, 0.3) is 0 Å². The molecule has 0 aliphatic heterocycles.